The van der Waals surface area contributed by atoms with Gasteiger partial charge in [0.05, 0.1) is 0 Å². The van der Waals surface area contributed by atoms with Crippen molar-refractivity contribution >= 4 is 39.9 Å². The van der Waals surface area contributed by atoms with Crippen LogP contribution < -0.4 is 118 Å². The quantitative estimate of drug-likeness (QED) is 0.112. The summed E-state index contributed by atoms with van der Waals surface area (Å²) in [5.41, 5.74) is 0. The summed E-state index contributed by atoms with van der Waals surface area (Å²) >= 11 is -0.750. The Labute approximate surface area is 203 Å². The number of carbonyl (C=O) groups excluding carboxylic acids is 1. The van der Waals surface area contributed by atoms with Crippen LogP contribution in [0.1, 0.15) is 0 Å². The van der Waals surface area contributed by atoms with E-state index in [4.69, 9.17) is 13.9 Å². The molecule has 0 saturated heterocycles. The van der Waals surface area contributed by atoms with Gasteiger partial charge in [-0.15, -0.1) is 8.67 Å². The first-order valence-corrected chi connectivity index (χ1v) is 5.46. The van der Waals surface area contributed by atoms with Crippen molar-refractivity contribution in [3.05, 3.63) is 0 Å². The fourth-order valence-electron chi connectivity index (χ4n) is 0.0680. The van der Waals surface area contributed by atoms with Crippen LogP contribution in [0.2, 0.25) is 0 Å². The van der Waals surface area contributed by atoms with Gasteiger partial charge in [0.25, 0.3) is 0 Å². The fourth-order valence-corrected chi connectivity index (χ4v) is 0.612. The van der Waals surface area contributed by atoms with Gasteiger partial charge < -0.3 is 35.3 Å². The van der Waals surface area contributed by atoms with Gasteiger partial charge in [-0.2, -0.15) is 0 Å². The van der Waals surface area contributed by atoms with Crippen LogP contribution in [0, 0.1) is 0 Å². The second kappa shape index (κ2) is 26.6. The third kappa shape index (κ3) is 73.6. The Morgan fingerprint density at radius 1 is 0.737 bits per heavy atom. The summed E-state index contributed by atoms with van der Waals surface area (Å²) in [6.45, 7) is 2.00. The molecule has 0 fully saturated rings. The van der Waals surface area contributed by atoms with Crippen LogP contribution in [0.3, 0.4) is 0 Å². The molecule has 0 rings (SSSR count). The Hall–Kier alpha value is 3.68. The van der Waals surface area contributed by atoms with E-state index >= 15 is 0 Å². The third-order valence-electron chi connectivity index (χ3n) is 0.194. The summed E-state index contributed by atoms with van der Waals surface area (Å²) in [5.74, 6) is 0. The van der Waals surface area contributed by atoms with Gasteiger partial charge >= 0.3 is 118 Å². The van der Waals surface area contributed by atoms with Crippen molar-refractivity contribution in [3.8, 4) is 0 Å². The standard InChI is InChI=1S/CH2O.4Na.H2O8S2.H2O2S/c1-2;;;;;1-9(2,3)7-8-10(4,5)6;1-3-2/h1H2;;;;;(H,1,2,3)(H,4,5,6);1-2H/q;4*+1;;/p-4. The van der Waals surface area contributed by atoms with Crippen molar-refractivity contribution in [2.75, 3.05) is 0 Å². The molecular formula is CH2Na4O11S3. The van der Waals surface area contributed by atoms with E-state index in [1.165, 1.54) is 0 Å². The summed E-state index contributed by atoms with van der Waals surface area (Å²) in [5, 5.41) is 0. The van der Waals surface area contributed by atoms with Crippen LogP contribution in [0.15, 0.2) is 0 Å². The first-order chi connectivity index (χ1) is 6.62. The molecule has 0 aromatic heterocycles. The Kier molecular flexibility index (Phi) is 60.6. The second-order valence-electron chi connectivity index (χ2n) is 1.02. The summed E-state index contributed by atoms with van der Waals surface area (Å²) < 4.78 is 78.0. The van der Waals surface area contributed by atoms with Gasteiger partial charge in [-0.3, -0.25) is 0 Å². The Balaban J connectivity index is -0.0000000284. The normalized spacial score (nSPS) is 8.21. The third-order valence-corrected chi connectivity index (χ3v) is 0.750. The molecule has 0 heterocycles. The van der Waals surface area contributed by atoms with Gasteiger partial charge in [0.2, 0.25) is 20.8 Å². The van der Waals surface area contributed by atoms with Gasteiger partial charge in [0, 0.05) is 0 Å². The molecule has 0 atom stereocenters. The van der Waals surface area contributed by atoms with Gasteiger partial charge in [-0.1, -0.05) is 0 Å². The zero-order valence-corrected chi connectivity index (χ0v) is 20.9. The predicted molar refractivity (Wildman–Crippen MR) is 37.8 cm³/mol. The topological polar surface area (TPSA) is 196 Å². The molecule has 0 saturated carbocycles. The Morgan fingerprint density at radius 2 is 0.842 bits per heavy atom. The molecular weight excluding hydrogens is 376 g/mol. The van der Waals surface area contributed by atoms with Gasteiger partial charge in [-0.25, -0.2) is 16.8 Å². The molecule has 0 aliphatic heterocycles. The minimum atomic E-state index is -5.31. The zero-order valence-electron chi connectivity index (χ0n) is 10.4. The molecule has 19 heavy (non-hydrogen) atoms. The number of rotatable bonds is 3. The van der Waals surface area contributed by atoms with E-state index in [9.17, 15) is 25.9 Å². The molecule has 0 radical (unpaired) electrons. The van der Waals surface area contributed by atoms with Crippen LogP contribution >= 0.6 is 12.3 Å². The first-order valence-electron chi connectivity index (χ1n) is 2.12. The largest absolute Gasteiger partial charge is 1.00 e. The number of carbonyl (C=O) groups is 1. The fraction of sp³-hybridized carbons (Fsp3) is 0. The summed E-state index contributed by atoms with van der Waals surface area (Å²) in [6.07, 6.45) is 0. The van der Waals surface area contributed by atoms with E-state index in [0.717, 1.165) is 0 Å². The smallest absolute Gasteiger partial charge is 0.811 e. The van der Waals surface area contributed by atoms with Crippen molar-refractivity contribution in [3.63, 3.8) is 0 Å². The maximum atomic E-state index is 9.37. The monoisotopic (exact) mass is 378 g/mol. The molecule has 0 unspecified atom stereocenters. The zero-order chi connectivity index (χ0) is 13.1. The van der Waals surface area contributed by atoms with Crippen molar-refractivity contribution in [2.45, 2.75) is 0 Å². The SMILES string of the molecule is C=O.O=S(=O)([O-])OOS(=O)(=O)[O-].[Na+].[Na+].[Na+].[Na+].[O-]S[O-]. The van der Waals surface area contributed by atoms with E-state index < -0.39 is 33.1 Å². The first kappa shape index (κ1) is 43.4. The van der Waals surface area contributed by atoms with E-state index in [1.54, 1.807) is 0 Å². The van der Waals surface area contributed by atoms with Crippen molar-refractivity contribution in [1.29, 1.82) is 0 Å². The number of hydrogen-bond acceptors (Lipinski definition) is 12. The molecule has 11 nitrogen and oxygen atoms in total. The molecule has 0 bridgehead atoms. The molecule has 0 N–H and O–H groups in total. The number of hydrogen-bond donors (Lipinski definition) is 0. The van der Waals surface area contributed by atoms with Crippen LogP contribution in [-0.2, 0) is 34.3 Å². The molecule has 0 spiro atoms. The maximum Gasteiger partial charge on any atom is 1.00 e. The van der Waals surface area contributed by atoms with Crippen LogP contribution in [0.4, 0.5) is 0 Å². The van der Waals surface area contributed by atoms with E-state index in [1.807, 2.05) is 6.79 Å². The second-order valence-corrected chi connectivity index (χ2v) is 3.06. The summed E-state index contributed by atoms with van der Waals surface area (Å²) in [4.78, 5) is 8.00. The summed E-state index contributed by atoms with van der Waals surface area (Å²) in [7, 11) is -10.6. The molecule has 0 aliphatic carbocycles. The molecule has 94 valence electrons. The van der Waals surface area contributed by atoms with Crippen molar-refractivity contribution < 1.29 is 167 Å². The van der Waals surface area contributed by atoms with Gasteiger partial charge in [0.1, 0.15) is 6.79 Å². The van der Waals surface area contributed by atoms with Crippen molar-refractivity contribution in [1.82, 2.24) is 0 Å². The molecule has 0 aliphatic rings. The van der Waals surface area contributed by atoms with Crippen LogP contribution in [0.25, 0.3) is 0 Å². The summed E-state index contributed by atoms with van der Waals surface area (Å²) in [6, 6.07) is 0. The van der Waals surface area contributed by atoms with Crippen LogP contribution in [0.5, 0.6) is 0 Å². The van der Waals surface area contributed by atoms with E-state index in [0.29, 0.717) is 0 Å². The van der Waals surface area contributed by atoms with E-state index in [-0.39, 0.29) is 118 Å². The predicted octanol–water partition coefficient (Wildman–Crippen LogP) is -14.3. The van der Waals surface area contributed by atoms with Gasteiger partial charge in [-0.05, 0) is 0 Å². The molecule has 0 aromatic carbocycles. The van der Waals surface area contributed by atoms with Gasteiger partial charge in [0.15, 0.2) is 0 Å². The van der Waals surface area contributed by atoms with Crippen molar-refractivity contribution in [2.24, 2.45) is 0 Å². The molecule has 0 aromatic rings. The Morgan fingerprint density at radius 3 is 0.895 bits per heavy atom. The molecule has 0 amide bonds. The molecule has 18 heteroatoms. The average molecular weight is 378 g/mol. The maximum absolute atomic E-state index is 9.37. The van der Waals surface area contributed by atoms with Crippen LogP contribution in [-0.4, -0.2) is 41.8 Å². The average Bonchev–Trinajstić information content (AvgIpc) is 2.04. The minimum absolute atomic E-state index is 0. The van der Waals surface area contributed by atoms with E-state index in [2.05, 4.69) is 8.67 Å². The minimum Gasteiger partial charge on any atom is -0.811 e. The Bertz CT molecular complexity index is 292.